The number of nitrogens with zero attached hydrogens (tertiary/aromatic N) is 5. The van der Waals surface area contributed by atoms with Crippen molar-refractivity contribution in [3.8, 4) is 23.0 Å². The highest BCUT2D eigenvalue weighted by atomic mass is 19.1. The summed E-state index contributed by atoms with van der Waals surface area (Å²) in [7, 11) is 0. The van der Waals surface area contributed by atoms with E-state index in [1.54, 1.807) is 54.3 Å². The molecule has 3 aromatic heterocycles. The van der Waals surface area contributed by atoms with Crippen molar-refractivity contribution >= 4 is 5.91 Å². The van der Waals surface area contributed by atoms with Gasteiger partial charge in [0.05, 0.1) is 0 Å². The van der Waals surface area contributed by atoms with Crippen LogP contribution >= 0.6 is 0 Å². The van der Waals surface area contributed by atoms with Gasteiger partial charge in [-0.25, -0.2) is 9.37 Å². The number of carbonyl (C=O) groups excluding carboxylic acids is 1. The zero-order valence-corrected chi connectivity index (χ0v) is 15.5. The SMILES string of the molecule is Cc1nc(-c2noc(-c3ccncc3)n2)cn1CC(=O)NCc1ccc(F)cc1. The van der Waals surface area contributed by atoms with E-state index in [1.165, 1.54) is 12.1 Å². The molecule has 0 aliphatic heterocycles. The lowest BCUT2D eigenvalue weighted by Crippen LogP contribution is -2.27. The summed E-state index contributed by atoms with van der Waals surface area (Å²) in [4.78, 5) is 25.0. The van der Waals surface area contributed by atoms with E-state index in [-0.39, 0.29) is 18.3 Å². The normalized spacial score (nSPS) is 10.8. The first-order valence-corrected chi connectivity index (χ1v) is 8.88. The minimum absolute atomic E-state index is 0.0924. The number of hydrogen-bond donors (Lipinski definition) is 1. The van der Waals surface area contributed by atoms with Gasteiger partial charge in [0, 0.05) is 30.7 Å². The number of hydrogen-bond acceptors (Lipinski definition) is 6. The molecule has 4 aromatic rings. The summed E-state index contributed by atoms with van der Waals surface area (Å²) in [5, 5.41) is 6.77. The molecule has 0 unspecified atom stereocenters. The van der Waals surface area contributed by atoms with Crippen LogP contribution in [0.2, 0.25) is 0 Å². The largest absolute Gasteiger partial charge is 0.350 e. The highest BCUT2D eigenvalue weighted by Crippen LogP contribution is 2.21. The van der Waals surface area contributed by atoms with Crippen molar-refractivity contribution in [2.75, 3.05) is 0 Å². The average molecular weight is 392 g/mol. The molecule has 9 heteroatoms. The predicted molar refractivity (Wildman–Crippen MR) is 102 cm³/mol. The molecule has 0 spiro atoms. The van der Waals surface area contributed by atoms with Gasteiger partial charge < -0.3 is 14.4 Å². The Morgan fingerprint density at radius 2 is 1.90 bits per heavy atom. The van der Waals surface area contributed by atoms with Crippen molar-refractivity contribution < 1.29 is 13.7 Å². The molecular formula is C20H17FN6O2. The maximum Gasteiger partial charge on any atom is 0.258 e. The summed E-state index contributed by atoms with van der Waals surface area (Å²) < 4.78 is 19.9. The first-order valence-electron chi connectivity index (χ1n) is 8.88. The van der Waals surface area contributed by atoms with Crippen LogP contribution in [-0.2, 0) is 17.9 Å². The number of halogens is 1. The minimum atomic E-state index is -0.310. The Bertz CT molecular complexity index is 1120. The average Bonchev–Trinajstić information content (AvgIpc) is 3.36. The van der Waals surface area contributed by atoms with Crippen LogP contribution in [-0.4, -0.2) is 30.6 Å². The highest BCUT2D eigenvalue weighted by molar-refractivity contribution is 5.76. The Hall–Kier alpha value is -3.88. The number of amides is 1. The Morgan fingerprint density at radius 1 is 1.14 bits per heavy atom. The van der Waals surface area contributed by atoms with Gasteiger partial charge in [-0.05, 0) is 36.8 Å². The second-order valence-corrected chi connectivity index (χ2v) is 6.36. The third-order valence-electron chi connectivity index (χ3n) is 4.28. The van der Waals surface area contributed by atoms with E-state index >= 15 is 0 Å². The van der Waals surface area contributed by atoms with E-state index in [9.17, 15) is 9.18 Å². The number of aromatic nitrogens is 5. The van der Waals surface area contributed by atoms with Crippen LogP contribution < -0.4 is 5.32 Å². The molecular weight excluding hydrogens is 375 g/mol. The number of rotatable bonds is 6. The van der Waals surface area contributed by atoms with E-state index in [0.29, 0.717) is 29.8 Å². The summed E-state index contributed by atoms with van der Waals surface area (Å²) >= 11 is 0. The van der Waals surface area contributed by atoms with Crippen LogP contribution in [0.15, 0.2) is 59.5 Å². The van der Waals surface area contributed by atoms with Gasteiger partial charge in [-0.3, -0.25) is 9.78 Å². The lowest BCUT2D eigenvalue weighted by atomic mass is 10.2. The van der Waals surface area contributed by atoms with Gasteiger partial charge in [-0.2, -0.15) is 4.98 Å². The highest BCUT2D eigenvalue weighted by Gasteiger charge is 2.15. The second kappa shape index (κ2) is 8.01. The van der Waals surface area contributed by atoms with Gasteiger partial charge in [0.25, 0.3) is 5.89 Å². The molecule has 8 nitrogen and oxygen atoms in total. The van der Waals surface area contributed by atoms with Crippen molar-refractivity contribution in [3.63, 3.8) is 0 Å². The molecule has 1 aromatic carbocycles. The maximum absolute atomic E-state index is 12.9. The monoisotopic (exact) mass is 392 g/mol. The number of nitrogens with one attached hydrogen (secondary N) is 1. The summed E-state index contributed by atoms with van der Waals surface area (Å²) in [5.74, 6) is 0.853. The van der Waals surface area contributed by atoms with Gasteiger partial charge in [-0.15, -0.1) is 0 Å². The van der Waals surface area contributed by atoms with Gasteiger partial charge in [0.2, 0.25) is 11.7 Å². The Kier molecular flexibility index (Phi) is 5.10. The van der Waals surface area contributed by atoms with E-state index < -0.39 is 0 Å². The number of pyridine rings is 1. The molecule has 0 atom stereocenters. The van der Waals surface area contributed by atoms with Crippen molar-refractivity contribution in [3.05, 3.63) is 72.2 Å². The van der Waals surface area contributed by atoms with Crippen molar-refractivity contribution in [1.82, 2.24) is 30.0 Å². The van der Waals surface area contributed by atoms with Crippen molar-refractivity contribution in [2.24, 2.45) is 0 Å². The molecule has 0 radical (unpaired) electrons. The van der Waals surface area contributed by atoms with Gasteiger partial charge in [-0.1, -0.05) is 17.3 Å². The molecule has 146 valence electrons. The fraction of sp³-hybridized carbons (Fsp3) is 0.150. The summed E-state index contributed by atoms with van der Waals surface area (Å²) in [6.07, 6.45) is 4.99. The minimum Gasteiger partial charge on any atom is -0.350 e. The molecule has 3 heterocycles. The number of benzene rings is 1. The van der Waals surface area contributed by atoms with Crippen LogP contribution in [0.3, 0.4) is 0 Å². The molecule has 4 rings (SSSR count). The summed E-state index contributed by atoms with van der Waals surface area (Å²) in [6, 6.07) is 9.52. The summed E-state index contributed by atoms with van der Waals surface area (Å²) in [5.41, 5.74) is 2.09. The molecule has 0 aliphatic carbocycles. The molecule has 1 amide bonds. The number of aryl methyl sites for hydroxylation is 1. The molecule has 0 bridgehead atoms. The first-order chi connectivity index (χ1) is 14.1. The van der Waals surface area contributed by atoms with Gasteiger partial charge >= 0.3 is 0 Å². The maximum atomic E-state index is 12.9. The Morgan fingerprint density at radius 3 is 2.66 bits per heavy atom. The lowest BCUT2D eigenvalue weighted by Gasteiger charge is -2.07. The predicted octanol–water partition coefficient (Wildman–Crippen LogP) is 2.76. The topological polar surface area (TPSA) is 98.7 Å². The van der Waals surface area contributed by atoms with Crippen LogP contribution in [0.25, 0.3) is 23.0 Å². The molecule has 0 fully saturated rings. The quantitative estimate of drug-likeness (QED) is 0.542. The Labute approximate surface area is 165 Å². The molecule has 29 heavy (non-hydrogen) atoms. The van der Waals surface area contributed by atoms with Crippen LogP contribution in [0, 0.1) is 12.7 Å². The molecule has 0 saturated heterocycles. The molecule has 0 saturated carbocycles. The van der Waals surface area contributed by atoms with Crippen molar-refractivity contribution in [1.29, 1.82) is 0 Å². The summed E-state index contributed by atoms with van der Waals surface area (Å²) in [6.45, 7) is 2.20. The van der Waals surface area contributed by atoms with E-state index in [0.717, 1.165) is 11.1 Å². The third-order valence-corrected chi connectivity index (χ3v) is 4.28. The van der Waals surface area contributed by atoms with Crippen LogP contribution in [0.1, 0.15) is 11.4 Å². The standard InChI is InChI=1S/C20H17FN6O2/c1-13-24-17(19-25-20(29-26-19)15-6-8-22-9-7-15)11-27(13)12-18(28)23-10-14-2-4-16(21)5-3-14/h2-9,11H,10,12H2,1H3,(H,23,28). The number of carbonyl (C=O) groups is 1. The third kappa shape index (κ3) is 4.34. The van der Waals surface area contributed by atoms with Crippen LogP contribution in [0.4, 0.5) is 4.39 Å². The van der Waals surface area contributed by atoms with Crippen LogP contribution in [0.5, 0.6) is 0 Å². The zero-order valence-electron chi connectivity index (χ0n) is 15.5. The number of imidazole rings is 1. The Balaban J connectivity index is 1.42. The fourth-order valence-corrected chi connectivity index (χ4v) is 2.73. The van der Waals surface area contributed by atoms with Gasteiger partial charge in [0.15, 0.2) is 0 Å². The first kappa shape index (κ1) is 18.5. The fourth-order valence-electron chi connectivity index (χ4n) is 2.73. The second-order valence-electron chi connectivity index (χ2n) is 6.36. The molecule has 1 N–H and O–H groups in total. The van der Waals surface area contributed by atoms with E-state index in [4.69, 9.17) is 4.52 Å². The van der Waals surface area contributed by atoms with Crippen molar-refractivity contribution in [2.45, 2.75) is 20.0 Å². The molecule has 0 aliphatic rings. The van der Waals surface area contributed by atoms with E-state index in [2.05, 4.69) is 25.4 Å². The smallest absolute Gasteiger partial charge is 0.258 e. The van der Waals surface area contributed by atoms with E-state index in [1.807, 2.05) is 0 Å². The van der Waals surface area contributed by atoms with Gasteiger partial charge in [0.1, 0.15) is 23.9 Å². The lowest BCUT2D eigenvalue weighted by molar-refractivity contribution is -0.121. The zero-order chi connectivity index (χ0) is 20.2.